The molecule has 0 spiro atoms. The van der Waals surface area contributed by atoms with Gasteiger partial charge in [-0.15, -0.1) is 0 Å². The summed E-state index contributed by atoms with van der Waals surface area (Å²) in [6.45, 7) is 7.13. The van der Waals surface area contributed by atoms with Gasteiger partial charge in [0.1, 0.15) is 12.2 Å². The molecular weight excluding hydrogens is 372 g/mol. The fourth-order valence-corrected chi connectivity index (χ4v) is 3.53. The minimum Gasteiger partial charge on any atom is -0.445 e. The average Bonchev–Trinajstić information content (AvgIpc) is 2.64. The number of rotatable bonds is 5. The molecule has 7 nitrogen and oxygen atoms in total. The van der Waals surface area contributed by atoms with Crippen molar-refractivity contribution in [2.24, 2.45) is 0 Å². The van der Waals surface area contributed by atoms with Crippen LogP contribution in [0.2, 0.25) is 0 Å². The molecular formula is C22H32N2O5. The molecule has 0 bridgehead atoms. The first-order chi connectivity index (χ1) is 13.8. The van der Waals surface area contributed by atoms with E-state index < -0.39 is 5.60 Å². The van der Waals surface area contributed by atoms with E-state index >= 15 is 0 Å². The van der Waals surface area contributed by atoms with Crippen LogP contribution >= 0.6 is 0 Å². The zero-order valence-electron chi connectivity index (χ0n) is 17.6. The van der Waals surface area contributed by atoms with E-state index in [1.54, 1.807) is 4.90 Å². The second kappa shape index (κ2) is 9.48. The van der Waals surface area contributed by atoms with Crippen LogP contribution in [-0.2, 0) is 20.8 Å². The Balaban J connectivity index is 1.29. The van der Waals surface area contributed by atoms with Crippen molar-refractivity contribution < 1.29 is 23.8 Å². The zero-order valence-corrected chi connectivity index (χ0v) is 17.6. The smallest absolute Gasteiger partial charge is 0.410 e. The third kappa shape index (κ3) is 6.92. The number of alkyl carbamates (subject to hydrolysis) is 1. The highest BCUT2D eigenvalue weighted by Gasteiger charge is 2.35. The number of carbonyl (C=O) groups excluding carboxylic acids is 2. The molecule has 2 fully saturated rings. The maximum Gasteiger partial charge on any atom is 0.410 e. The van der Waals surface area contributed by atoms with Crippen LogP contribution in [0.4, 0.5) is 9.59 Å². The van der Waals surface area contributed by atoms with Gasteiger partial charge in [0.05, 0.1) is 12.2 Å². The van der Waals surface area contributed by atoms with Crippen molar-refractivity contribution in [3.63, 3.8) is 0 Å². The Morgan fingerprint density at radius 1 is 1.07 bits per heavy atom. The van der Waals surface area contributed by atoms with Gasteiger partial charge in [-0.05, 0) is 52.0 Å². The summed E-state index contributed by atoms with van der Waals surface area (Å²) in [5.41, 5.74) is 0.499. The Bertz CT molecular complexity index is 674. The van der Waals surface area contributed by atoms with Gasteiger partial charge >= 0.3 is 12.2 Å². The first-order valence-corrected chi connectivity index (χ1v) is 10.4. The van der Waals surface area contributed by atoms with E-state index in [-0.39, 0.29) is 30.4 Å². The summed E-state index contributed by atoms with van der Waals surface area (Å²) in [4.78, 5) is 25.7. The summed E-state index contributed by atoms with van der Waals surface area (Å²) in [6, 6.07) is 9.80. The first kappa shape index (κ1) is 21.4. The largest absolute Gasteiger partial charge is 0.445 e. The molecule has 29 heavy (non-hydrogen) atoms. The van der Waals surface area contributed by atoms with Gasteiger partial charge in [0.25, 0.3) is 0 Å². The molecule has 0 aromatic heterocycles. The predicted octanol–water partition coefficient (Wildman–Crippen LogP) is 3.86. The molecule has 2 aliphatic rings. The fraction of sp³-hybridized carbons (Fsp3) is 0.636. The molecule has 0 atom stereocenters. The highest BCUT2D eigenvalue weighted by molar-refractivity contribution is 5.68. The topological polar surface area (TPSA) is 77.1 Å². The van der Waals surface area contributed by atoms with Gasteiger partial charge in [-0.3, -0.25) is 0 Å². The lowest BCUT2D eigenvalue weighted by Crippen LogP contribution is -2.51. The quantitative estimate of drug-likeness (QED) is 0.806. The van der Waals surface area contributed by atoms with Crippen LogP contribution in [0.15, 0.2) is 30.3 Å². The molecule has 160 valence electrons. The summed E-state index contributed by atoms with van der Waals surface area (Å²) in [5.74, 6) is 0. The Morgan fingerprint density at radius 2 is 1.72 bits per heavy atom. The van der Waals surface area contributed by atoms with Crippen molar-refractivity contribution in [3.05, 3.63) is 35.9 Å². The SMILES string of the molecule is CC(C)(C)OC(=O)NC1CC(OC2CCN(C(=O)OCc3ccccc3)CC2)C1. The molecule has 2 amide bonds. The number of nitrogens with one attached hydrogen (secondary N) is 1. The van der Waals surface area contributed by atoms with Gasteiger partial charge in [-0.25, -0.2) is 9.59 Å². The van der Waals surface area contributed by atoms with E-state index in [1.165, 1.54) is 0 Å². The predicted molar refractivity (Wildman–Crippen MR) is 108 cm³/mol. The van der Waals surface area contributed by atoms with Gasteiger partial charge in [0, 0.05) is 19.1 Å². The van der Waals surface area contributed by atoms with Crippen LogP contribution in [0.5, 0.6) is 0 Å². The summed E-state index contributed by atoms with van der Waals surface area (Å²) in [7, 11) is 0. The van der Waals surface area contributed by atoms with E-state index in [0.717, 1.165) is 31.2 Å². The molecule has 1 aliphatic heterocycles. The van der Waals surface area contributed by atoms with Crippen molar-refractivity contribution in [1.29, 1.82) is 0 Å². The number of likely N-dealkylation sites (tertiary alicyclic amines) is 1. The molecule has 1 aliphatic carbocycles. The fourth-order valence-electron chi connectivity index (χ4n) is 3.53. The molecule has 3 rings (SSSR count). The molecule has 1 saturated carbocycles. The number of carbonyl (C=O) groups is 2. The Hall–Kier alpha value is -2.28. The van der Waals surface area contributed by atoms with Gasteiger partial charge in [0.2, 0.25) is 0 Å². The third-order valence-electron chi connectivity index (χ3n) is 5.11. The summed E-state index contributed by atoms with van der Waals surface area (Å²) < 4.78 is 16.8. The summed E-state index contributed by atoms with van der Waals surface area (Å²) in [5, 5.41) is 2.88. The molecule has 1 heterocycles. The number of ether oxygens (including phenoxy) is 3. The van der Waals surface area contributed by atoms with E-state index in [0.29, 0.717) is 19.7 Å². The molecule has 7 heteroatoms. The summed E-state index contributed by atoms with van der Waals surface area (Å²) >= 11 is 0. The second-order valence-corrected chi connectivity index (χ2v) is 8.80. The van der Waals surface area contributed by atoms with E-state index in [2.05, 4.69) is 5.32 Å². The van der Waals surface area contributed by atoms with Gasteiger partial charge in [-0.1, -0.05) is 30.3 Å². The van der Waals surface area contributed by atoms with E-state index in [1.807, 2.05) is 51.1 Å². The normalized spacial score (nSPS) is 22.5. The lowest BCUT2D eigenvalue weighted by Gasteiger charge is -2.40. The van der Waals surface area contributed by atoms with Gasteiger partial charge < -0.3 is 24.4 Å². The van der Waals surface area contributed by atoms with Crippen LogP contribution in [-0.4, -0.2) is 54.0 Å². The van der Waals surface area contributed by atoms with Crippen LogP contribution in [0.1, 0.15) is 52.0 Å². The van der Waals surface area contributed by atoms with Crippen molar-refractivity contribution >= 4 is 12.2 Å². The van der Waals surface area contributed by atoms with Crippen LogP contribution in [0.3, 0.4) is 0 Å². The van der Waals surface area contributed by atoms with Crippen LogP contribution in [0.25, 0.3) is 0 Å². The van der Waals surface area contributed by atoms with Crippen molar-refractivity contribution in [1.82, 2.24) is 10.2 Å². The summed E-state index contributed by atoms with van der Waals surface area (Å²) in [6.07, 6.45) is 2.90. The minimum absolute atomic E-state index is 0.114. The molecule has 0 radical (unpaired) electrons. The van der Waals surface area contributed by atoms with Crippen molar-refractivity contribution in [2.75, 3.05) is 13.1 Å². The molecule has 1 N–H and O–H groups in total. The van der Waals surface area contributed by atoms with Crippen molar-refractivity contribution in [2.45, 2.75) is 76.9 Å². The van der Waals surface area contributed by atoms with Gasteiger partial charge in [0.15, 0.2) is 0 Å². The lowest BCUT2D eigenvalue weighted by molar-refractivity contribution is -0.0828. The van der Waals surface area contributed by atoms with E-state index in [4.69, 9.17) is 14.2 Å². The average molecular weight is 405 g/mol. The number of benzene rings is 1. The van der Waals surface area contributed by atoms with Gasteiger partial charge in [-0.2, -0.15) is 0 Å². The first-order valence-electron chi connectivity index (χ1n) is 10.4. The number of piperidine rings is 1. The lowest BCUT2D eigenvalue weighted by atomic mass is 9.89. The molecule has 1 saturated heterocycles. The standard InChI is InChI=1S/C22H32N2O5/c1-22(2,3)29-20(25)23-17-13-19(14-17)28-18-9-11-24(12-10-18)21(26)27-15-16-7-5-4-6-8-16/h4-8,17-19H,9-15H2,1-3H3,(H,23,25). The minimum atomic E-state index is -0.486. The Kier molecular flexibility index (Phi) is 7.00. The second-order valence-electron chi connectivity index (χ2n) is 8.80. The van der Waals surface area contributed by atoms with Crippen LogP contribution < -0.4 is 5.32 Å². The van der Waals surface area contributed by atoms with E-state index in [9.17, 15) is 9.59 Å². The van der Waals surface area contributed by atoms with Crippen LogP contribution in [0, 0.1) is 0 Å². The number of hydrogen-bond donors (Lipinski definition) is 1. The zero-order chi connectivity index (χ0) is 20.9. The molecule has 1 aromatic rings. The maximum atomic E-state index is 12.2. The van der Waals surface area contributed by atoms with Crippen molar-refractivity contribution in [3.8, 4) is 0 Å². The number of nitrogens with zero attached hydrogens (tertiary/aromatic N) is 1. The highest BCUT2D eigenvalue weighted by Crippen LogP contribution is 2.28. The highest BCUT2D eigenvalue weighted by atomic mass is 16.6. The molecule has 0 unspecified atom stereocenters. The monoisotopic (exact) mass is 404 g/mol. The number of amides is 2. The maximum absolute atomic E-state index is 12.2. The Morgan fingerprint density at radius 3 is 2.34 bits per heavy atom. The number of hydrogen-bond acceptors (Lipinski definition) is 5. The Labute approximate surface area is 172 Å². The molecule has 1 aromatic carbocycles. The third-order valence-corrected chi connectivity index (χ3v) is 5.11.